The largest absolute Gasteiger partial charge is 0.497 e. The molecule has 0 aromatic heterocycles. The quantitative estimate of drug-likeness (QED) is 0.251. The highest BCUT2D eigenvalue weighted by atomic mass is 35.5. The molecule has 2 atom stereocenters. The lowest BCUT2D eigenvalue weighted by Gasteiger charge is -2.24. The van der Waals surface area contributed by atoms with Crippen LogP contribution < -0.4 is 20.3 Å². The van der Waals surface area contributed by atoms with Crippen molar-refractivity contribution in [3.63, 3.8) is 0 Å². The maximum atomic E-state index is 6.41. The van der Waals surface area contributed by atoms with Crippen molar-refractivity contribution in [2.24, 2.45) is 10.1 Å². The van der Waals surface area contributed by atoms with Gasteiger partial charge in [0.05, 0.1) is 30.6 Å². The first-order valence-corrected chi connectivity index (χ1v) is 14.1. The number of likely N-dealkylation sites (N-methyl/N-ethyl adjacent to an activating group) is 1. The molecular weight excluding hydrogens is 570 g/mol. The van der Waals surface area contributed by atoms with Gasteiger partial charge in [0.1, 0.15) is 11.9 Å². The summed E-state index contributed by atoms with van der Waals surface area (Å²) in [6.07, 6.45) is -1.03. The van der Waals surface area contributed by atoms with Gasteiger partial charge in [0.25, 0.3) is 12.2 Å². The molecule has 4 aromatic rings. The fourth-order valence-corrected chi connectivity index (χ4v) is 5.34. The molecule has 2 aliphatic heterocycles. The summed E-state index contributed by atoms with van der Waals surface area (Å²) in [5, 5.41) is 12.0. The SMILES string of the molecule is COc1cccc(C2ON=C(c3ccccc3NC(=S)NC3CN(C)c4ccc(Cl)cc4C(c4ccccc4)=N3)O2)c1. The van der Waals surface area contributed by atoms with E-state index in [1.807, 2.05) is 104 Å². The molecular formula is C32H28ClN5O3S. The minimum Gasteiger partial charge on any atom is -0.497 e. The molecule has 0 aliphatic carbocycles. The van der Waals surface area contributed by atoms with Crippen LogP contribution in [0.15, 0.2) is 107 Å². The molecule has 0 bridgehead atoms. The van der Waals surface area contributed by atoms with Crippen molar-refractivity contribution in [3.05, 3.63) is 124 Å². The molecule has 0 amide bonds. The Labute approximate surface area is 254 Å². The van der Waals surface area contributed by atoms with E-state index in [0.717, 1.165) is 28.1 Å². The van der Waals surface area contributed by atoms with E-state index in [-0.39, 0.29) is 6.17 Å². The first-order valence-electron chi connectivity index (χ1n) is 13.3. The Morgan fingerprint density at radius 1 is 0.976 bits per heavy atom. The van der Waals surface area contributed by atoms with Crippen molar-refractivity contribution in [1.29, 1.82) is 0 Å². The number of fused-ring (bicyclic) bond motifs is 1. The molecule has 212 valence electrons. The summed E-state index contributed by atoms with van der Waals surface area (Å²) in [5.41, 5.74) is 6.06. The van der Waals surface area contributed by atoms with Gasteiger partial charge in [-0.2, -0.15) is 0 Å². The van der Waals surface area contributed by atoms with Gasteiger partial charge in [-0.1, -0.05) is 66.2 Å². The molecule has 8 nitrogen and oxygen atoms in total. The third kappa shape index (κ3) is 5.88. The number of para-hydroxylation sites is 1. The van der Waals surface area contributed by atoms with Crippen LogP contribution in [0, 0.1) is 0 Å². The number of rotatable bonds is 6. The zero-order valence-corrected chi connectivity index (χ0v) is 24.5. The maximum absolute atomic E-state index is 6.41. The highest BCUT2D eigenvalue weighted by molar-refractivity contribution is 7.80. The van der Waals surface area contributed by atoms with Gasteiger partial charge >= 0.3 is 0 Å². The van der Waals surface area contributed by atoms with Gasteiger partial charge in [0.2, 0.25) is 0 Å². The van der Waals surface area contributed by atoms with Gasteiger partial charge in [-0.3, -0.25) is 4.99 Å². The van der Waals surface area contributed by atoms with E-state index in [0.29, 0.717) is 39.6 Å². The van der Waals surface area contributed by atoms with Crippen molar-refractivity contribution < 1.29 is 14.3 Å². The second kappa shape index (κ2) is 12.1. The molecule has 4 aromatic carbocycles. The van der Waals surface area contributed by atoms with Crippen molar-refractivity contribution in [3.8, 4) is 5.75 Å². The van der Waals surface area contributed by atoms with E-state index in [9.17, 15) is 0 Å². The van der Waals surface area contributed by atoms with Crippen molar-refractivity contribution in [2.75, 3.05) is 30.9 Å². The monoisotopic (exact) mass is 597 g/mol. The fraction of sp³-hybridized carbons (Fsp3) is 0.156. The Hall–Kier alpha value is -4.60. The Morgan fingerprint density at radius 3 is 2.62 bits per heavy atom. The summed E-state index contributed by atoms with van der Waals surface area (Å²) in [5.74, 6) is 1.06. The second-order valence-electron chi connectivity index (χ2n) is 9.77. The number of ether oxygens (including phenoxy) is 2. The molecule has 6 rings (SSSR count). The highest BCUT2D eigenvalue weighted by Crippen LogP contribution is 2.32. The van der Waals surface area contributed by atoms with E-state index in [4.69, 9.17) is 43.1 Å². The van der Waals surface area contributed by atoms with Gasteiger partial charge in [0, 0.05) is 34.4 Å². The number of thiocarbonyl (C=S) groups is 1. The lowest BCUT2D eigenvalue weighted by atomic mass is 10.0. The number of anilines is 2. The third-order valence-electron chi connectivity index (χ3n) is 6.92. The topological polar surface area (TPSA) is 79.7 Å². The van der Waals surface area contributed by atoms with Gasteiger partial charge in [-0.25, -0.2) is 0 Å². The lowest BCUT2D eigenvalue weighted by Crippen LogP contribution is -2.43. The highest BCUT2D eigenvalue weighted by Gasteiger charge is 2.28. The molecule has 0 fully saturated rings. The van der Waals surface area contributed by atoms with Crippen molar-refractivity contribution in [1.82, 2.24) is 5.32 Å². The fourth-order valence-electron chi connectivity index (χ4n) is 4.92. The smallest absolute Gasteiger partial charge is 0.293 e. The predicted octanol–water partition coefficient (Wildman–Crippen LogP) is 6.36. The Balaban J connectivity index is 1.21. The average Bonchev–Trinajstić information content (AvgIpc) is 3.46. The van der Waals surface area contributed by atoms with Crippen LogP contribution in [0.1, 0.15) is 28.5 Å². The predicted molar refractivity (Wildman–Crippen MR) is 171 cm³/mol. The van der Waals surface area contributed by atoms with Gasteiger partial charge in [-0.05, 0) is 59.8 Å². The van der Waals surface area contributed by atoms with Crippen LogP contribution in [-0.4, -0.2) is 43.6 Å². The Bertz CT molecular complexity index is 1680. The number of benzene rings is 4. The number of benzodiazepines with no additional fused rings is 1. The number of hydrogen-bond donors (Lipinski definition) is 2. The van der Waals surface area contributed by atoms with Crippen LogP contribution in [0.5, 0.6) is 5.75 Å². The van der Waals surface area contributed by atoms with E-state index >= 15 is 0 Å². The van der Waals surface area contributed by atoms with E-state index in [1.165, 1.54) is 0 Å². The zero-order valence-electron chi connectivity index (χ0n) is 23.0. The molecule has 0 saturated carbocycles. The third-order valence-corrected chi connectivity index (χ3v) is 7.38. The summed E-state index contributed by atoms with van der Waals surface area (Å²) in [4.78, 5) is 12.9. The summed E-state index contributed by atoms with van der Waals surface area (Å²) in [6.45, 7) is 0.584. The number of hydrogen-bond acceptors (Lipinski definition) is 7. The zero-order chi connectivity index (χ0) is 29.1. The Morgan fingerprint density at radius 2 is 1.79 bits per heavy atom. The van der Waals surface area contributed by atoms with Crippen LogP contribution in [0.3, 0.4) is 0 Å². The van der Waals surface area contributed by atoms with E-state index in [1.54, 1.807) is 7.11 Å². The maximum Gasteiger partial charge on any atom is 0.293 e. The standard InChI is InChI=1S/C32H28ClN5O3S/c1-38-19-28(35-29(20-9-4-3-5-10-20)25-18-22(33)15-16-27(25)38)36-32(42)34-26-14-7-6-13-24(26)30-37-41-31(40-30)21-11-8-12-23(17-21)39-2/h3-18,28,31H,19H2,1-2H3,(H2,34,36,42). The molecule has 10 heteroatoms. The normalized spacial score (nSPS) is 17.5. The van der Waals surface area contributed by atoms with Gasteiger partial charge < -0.3 is 29.8 Å². The summed E-state index contributed by atoms with van der Waals surface area (Å²) < 4.78 is 11.4. The van der Waals surface area contributed by atoms with Crippen molar-refractivity contribution in [2.45, 2.75) is 12.5 Å². The van der Waals surface area contributed by atoms with Crippen LogP contribution in [0.25, 0.3) is 0 Å². The average molecular weight is 598 g/mol. The number of methoxy groups -OCH3 is 1. The minimum atomic E-state index is -0.685. The first-order chi connectivity index (χ1) is 20.5. The van der Waals surface area contributed by atoms with Gasteiger partial charge in [-0.15, -0.1) is 0 Å². The second-order valence-corrected chi connectivity index (χ2v) is 10.6. The molecule has 0 radical (unpaired) electrons. The van der Waals surface area contributed by atoms with Gasteiger partial charge in [0.15, 0.2) is 5.11 Å². The van der Waals surface area contributed by atoms with E-state index in [2.05, 4.69) is 20.7 Å². The van der Waals surface area contributed by atoms with Crippen LogP contribution in [0.4, 0.5) is 11.4 Å². The van der Waals surface area contributed by atoms with Crippen LogP contribution in [-0.2, 0) is 9.57 Å². The van der Waals surface area contributed by atoms with Crippen LogP contribution in [0.2, 0.25) is 5.02 Å². The van der Waals surface area contributed by atoms with Crippen LogP contribution >= 0.6 is 23.8 Å². The summed E-state index contributed by atoms with van der Waals surface area (Å²) in [7, 11) is 3.65. The van der Waals surface area contributed by atoms with Crippen molar-refractivity contribution >= 4 is 51.9 Å². The molecule has 42 heavy (non-hydrogen) atoms. The summed E-state index contributed by atoms with van der Waals surface area (Å²) in [6, 6.07) is 31.1. The molecule has 2 heterocycles. The minimum absolute atomic E-state index is 0.343. The lowest BCUT2D eigenvalue weighted by molar-refractivity contribution is -0.0499. The molecule has 2 aliphatic rings. The summed E-state index contributed by atoms with van der Waals surface area (Å²) >= 11 is 12.2. The van der Waals surface area contributed by atoms with E-state index < -0.39 is 6.29 Å². The number of oxime groups is 1. The molecule has 2 N–H and O–H groups in total. The molecule has 2 unspecified atom stereocenters. The first kappa shape index (κ1) is 27.6. The Kier molecular flexibility index (Phi) is 7.94. The molecule has 0 saturated heterocycles. The molecule has 0 spiro atoms. The number of aliphatic imine (C=N–C) groups is 1. The number of nitrogens with zero attached hydrogens (tertiary/aromatic N) is 3. The number of halogens is 1. The number of nitrogens with one attached hydrogen (secondary N) is 2.